The van der Waals surface area contributed by atoms with E-state index in [2.05, 4.69) is 4.72 Å². The number of hydrogen-bond acceptors (Lipinski definition) is 5. The molecule has 0 aliphatic carbocycles. The molecule has 0 spiro atoms. The first-order chi connectivity index (χ1) is 11.7. The normalized spacial score (nSPS) is 12.5. The third kappa shape index (κ3) is 4.61. The summed E-state index contributed by atoms with van der Waals surface area (Å²) in [7, 11) is -4.25. The number of carbonyl (C=O) groups is 1. The Balaban J connectivity index is 2.33. The number of aliphatic carboxylic acids is 1. The molecule has 1 atom stereocenters. The van der Waals surface area contributed by atoms with Crippen molar-refractivity contribution in [1.29, 1.82) is 0 Å². The molecule has 2 aromatic carbocycles. The first-order valence-electron chi connectivity index (χ1n) is 7.25. The van der Waals surface area contributed by atoms with Gasteiger partial charge in [0.25, 0.3) is 5.69 Å². The Morgan fingerprint density at radius 3 is 2.44 bits per heavy atom. The quantitative estimate of drug-likeness (QED) is 0.570. The number of non-ortho nitro benzene ring substituents is 1. The Bertz CT molecular complexity index is 896. The Morgan fingerprint density at radius 1 is 1.24 bits per heavy atom. The fraction of sp³-hybridized carbons (Fsp3) is 0.188. The predicted octanol–water partition coefficient (Wildman–Crippen LogP) is 1.88. The number of sulfonamides is 1. The van der Waals surface area contributed by atoms with E-state index >= 15 is 0 Å². The van der Waals surface area contributed by atoms with Gasteiger partial charge in [-0.05, 0) is 24.5 Å². The fourth-order valence-corrected chi connectivity index (χ4v) is 3.73. The van der Waals surface area contributed by atoms with Crippen LogP contribution < -0.4 is 4.72 Å². The van der Waals surface area contributed by atoms with Crippen molar-refractivity contribution in [3.63, 3.8) is 0 Å². The summed E-state index contributed by atoms with van der Waals surface area (Å²) < 4.78 is 27.2. The molecule has 0 radical (unpaired) electrons. The first kappa shape index (κ1) is 18.6. The van der Waals surface area contributed by atoms with Crippen molar-refractivity contribution in [2.24, 2.45) is 0 Å². The van der Waals surface area contributed by atoms with Crippen LogP contribution in [0.2, 0.25) is 0 Å². The highest BCUT2D eigenvalue weighted by molar-refractivity contribution is 7.89. The van der Waals surface area contributed by atoms with E-state index in [1.807, 2.05) is 0 Å². The number of hydrogen-bond donors (Lipinski definition) is 2. The van der Waals surface area contributed by atoms with Gasteiger partial charge >= 0.3 is 5.97 Å². The van der Waals surface area contributed by atoms with E-state index in [9.17, 15) is 28.4 Å². The molecule has 0 saturated heterocycles. The van der Waals surface area contributed by atoms with Crippen molar-refractivity contribution in [3.05, 3.63) is 69.8 Å². The average Bonchev–Trinajstić information content (AvgIpc) is 2.55. The molecule has 2 aromatic rings. The minimum Gasteiger partial charge on any atom is -0.480 e. The molecule has 0 bridgehead atoms. The zero-order chi connectivity index (χ0) is 18.6. The molecular formula is C16H16N2O6S. The summed E-state index contributed by atoms with van der Waals surface area (Å²) >= 11 is 0. The summed E-state index contributed by atoms with van der Waals surface area (Å²) in [6, 6.07) is 10.6. The van der Waals surface area contributed by atoms with Crippen LogP contribution in [0.1, 0.15) is 11.1 Å². The third-order valence-corrected chi connectivity index (χ3v) is 5.16. The van der Waals surface area contributed by atoms with Crippen LogP contribution in [0, 0.1) is 17.0 Å². The number of benzene rings is 2. The van der Waals surface area contributed by atoms with Gasteiger partial charge in [-0.2, -0.15) is 4.72 Å². The van der Waals surface area contributed by atoms with Crippen molar-refractivity contribution in [2.75, 3.05) is 0 Å². The van der Waals surface area contributed by atoms with Gasteiger partial charge in [0.05, 0.1) is 9.82 Å². The van der Waals surface area contributed by atoms with Crippen LogP contribution >= 0.6 is 0 Å². The Hall–Kier alpha value is -2.78. The Morgan fingerprint density at radius 2 is 1.88 bits per heavy atom. The van der Waals surface area contributed by atoms with Gasteiger partial charge < -0.3 is 5.11 Å². The molecule has 0 amide bonds. The van der Waals surface area contributed by atoms with Gasteiger partial charge in [-0.3, -0.25) is 14.9 Å². The van der Waals surface area contributed by atoms with Crippen LogP contribution in [0.3, 0.4) is 0 Å². The van der Waals surface area contributed by atoms with Gasteiger partial charge in [0.15, 0.2) is 0 Å². The summed E-state index contributed by atoms with van der Waals surface area (Å²) in [5, 5.41) is 20.2. The van der Waals surface area contributed by atoms with E-state index < -0.39 is 27.0 Å². The highest BCUT2D eigenvalue weighted by atomic mass is 32.2. The maximum absolute atomic E-state index is 12.5. The SMILES string of the molecule is Cc1ccc([N+](=O)[O-])cc1S(=O)(=O)NC(Cc1ccccc1)C(=O)O. The second-order valence-electron chi connectivity index (χ2n) is 5.41. The number of nitrogens with zero attached hydrogens (tertiary/aromatic N) is 1. The lowest BCUT2D eigenvalue weighted by molar-refractivity contribution is -0.385. The minimum atomic E-state index is -4.25. The molecule has 9 heteroatoms. The maximum Gasteiger partial charge on any atom is 0.322 e. The molecule has 0 saturated carbocycles. The van der Waals surface area contributed by atoms with E-state index in [4.69, 9.17) is 0 Å². The molecule has 2 rings (SSSR count). The largest absolute Gasteiger partial charge is 0.480 e. The number of carboxylic acids is 1. The van der Waals surface area contributed by atoms with Crippen molar-refractivity contribution < 1.29 is 23.2 Å². The third-order valence-electron chi connectivity index (χ3n) is 3.55. The Labute approximate surface area is 144 Å². The van der Waals surface area contributed by atoms with Crippen LogP contribution in [0.15, 0.2) is 53.4 Å². The topological polar surface area (TPSA) is 127 Å². The summed E-state index contributed by atoms with van der Waals surface area (Å²) in [6.07, 6.45) is -0.0522. The molecule has 2 N–H and O–H groups in total. The van der Waals surface area contributed by atoms with Gasteiger partial charge in [-0.25, -0.2) is 8.42 Å². The van der Waals surface area contributed by atoms with Gasteiger partial charge in [0.2, 0.25) is 10.0 Å². The van der Waals surface area contributed by atoms with Crippen LogP contribution in [0.4, 0.5) is 5.69 Å². The highest BCUT2D eigenvalue weighted by Gasteiger charge is 2.28. The van der Waals surface area contributed by atoms with E-state index in [-0.39, 0.29) is 22.6 Å². The number of aryl methyl sites for hydroxylation is 1. The summed E-state index contributed by atoms with van der Waals surface area (Å²) in [5.41, 5.74) is 0.538. The second kappa shape index (κ2) is 7.41. The lowest BCUT2D eigenvalue weighted by atomic mass is 10.1. The average molecular weight is 364 g/mol. The monoisotopic (exact) mass is 364 g/mol. The summed E-state index contributed by atoms with van der Waals surface area (Å²) in [6.45, 7) is 1.48. The van der Waals surface area contributed by atoms with Crippen LogP contribution in [0.25, 0.3) is 0 Å². The highest BCUT2D eigenvalue weighted by Crippen LogP contribution is 2.22. The fourth-order valence-electron chi connectivity index (χ4n) is 2.27. The van der Waals surface area contributed by atoms with E-state index in [0.29, 0.717) is 5.56 Å². The summed E-state index contributed by atoms with van der Waals surface area (Å²) in [5.74, 6) is -1.34. The van der Waals surface area contributed by atoms with Crippen molar-refractivity contribution in [1.82, 2.24) is 4.72 Å². The number of rotatable bonds is 7. The molecule has 0 aliphatic heterocycles. The number of nitro groups is 1. The van der Waals surface area contributed by atoms with Crippen LogP contribution in [-0.2, 0) is 21.2 Å². The maximum atomic E-state index is 12.5. The number of carboxylic acid groups (broad SMARTS) is 1. The lowest BCUT2D eigenvalue weighted by Crippen LogP contribution is -2.42. The zero-order valence-electron chi connectivity index (χ0n) is 13.2. The van der Waals surface area contributed by atoms with E-state index in [0.717, 1.165) is 6.07 Å². The van der Waals surface area contributed by atoms with Gasteiger partial charge in [0.1, 0.15) is 6.04 Å². The van der Waals surface area contributed by atoms with E-state index in [1.54, 1.807) is 30.3 Å². The smallest absolute Gasteiger partial charge is 0.322 e. The molecule has 0 aliphatic rings. The van der Waals surface area contributed by atoms with Crippen LogP contribution in [0.5, 0.6) is 0 Å². The Kier molecular flexibility index (Phi) is 5.50. The van der Waals surface area contributed by atoms with Gasteiger partial charge in [-0.15, -0.1) is 0 Å². The van der Waals surface area contributed by atoms with Crippen molar-refractivity contribution in [3.8, 4) is 0 Å². The van der Waals surface area contributed by atoms with Gasteiger partial charge in [0, 0.05) is 12.1 Å². The summed E-state index contributed by atoms with van der Waals surface area (Å²) in [4.78, 5) is 21.3. The molecule has 132 valence electrons. The molecule has 0 heterocycles. The van der Waals surface area contributed by atoms with Crippen molar-refractivity contribution in [2.45, 2.75) is 24.3 Å². The standard InChI is InChI=1S/C16H16N2O6S/c1-11-7-8-13(18(21)22)10-15(11)25(23,24)17-14(16(19)20)9-12-5-3-2-4-6-12/h2-8,10,14,17H,9H2,1H3,(H,19,20). The first-order valence-corrected chi connectivity index (χ1v) is 8.73. The molecule has 25 heavy (non-hydrogen) atoms. The molecule has 0 aromatic heterocycles. The number of nitrogens with one attached hydrogen (secondary N) is 1. The lowest BCUT2D eigenvalue weighted by Gasteiger charge is -2.16. The van der Waals surface area contributed by atoms with Gasteiger partial charge in [-0.1, -0.05) is 36.4 Å². The van der Waals surface area contributed by atoms with Crippen LogP contribution in [-0.4, -0.2) is 30.5 Å². The molecule has 8 nitrogen and oxygen atoms in total. The zero-order valence-corrected chi connectivity index (χ0v) is 14.1. The molecule has 1 unspecified atom stereocenters. The molecule has 0 fully saturated rings. The second-order valence-corrected chi connectivity index (χ2v) is 7.09. The predicted molar refractivity (Wildman–Crippen MR) is 89.7 cm³/mol. The molecular weight excluding hydrogens is 348 g/mol. The number of nitro benzene ring substituents is 1. The van der Waals surface area contributed by atoms with E-state index in [1.165, 1.54) is 19.1 Å². The van der Waals surface area contributed by atoms with Crippen molar-refractivity contribution >= 4 is 21.7 Å². The minimum absolute atomic E-state index is 0.0522.